The van der Waals surface area contributed by atoms with Crippen LogP contribution in [0.25, 0.3) is 43.6 Å². The molecule has 162 valence electrons. The van der Waals surface area contributed by atoms with Crippen molar-refractivity contribution in [2.75, 3.05) is 7.11 Å². The Bertz CT molecular complexity index is 1760. The van der Waals surface area contributed by atoms with E-state index < -0.39 is 0 Å². The summed E-state index contributed by atoms with van der Waals surface area (Å²) in [5.74, 6) is 0.751. The van der Waals surface area contributed by atoms with Gasteiger partial charge in [0, 0.05) is 64.5 Å². The monoisotopic (exact) mass is 438 g/mol. The van der Waals surface area contributed by atoms with Crippen LogP contribution in [0.2, 0.25) is 0 Å². The van der Waals surface area contributed by atoms with E-state index in [-0.39, 0.29) is 16.3 Å². The fourth-order valence-electron chi connectivity index (χ4n) is 3.91. The Balaban J connectivity index is 0.000000139. The minimum Gasteiger partial charge on any atom is -0.496 e. The van der Waals surface area contributed by atoms with Gasteiger partial charge in [0.05, 0.1) is 29.2 Å². The van der Waals surface area contributed by atoms with E-state index in [0.717, 1.165) is 22.2 Å². The van der Waals surface area contributed by atoms with E-state index >= 15 is 0 Å². The molecule has 33 heavy (non-hydrogen) atoms. The van der Waals surface area contributed by atoms with E-state index in [0.29, 0.717) is 27.2 Å². The summed E-state index contributed by atoms with van der Waals surface area (Å²) in [6.45, 7) is 0. The lowest BCUT2D eigenvalue weighted by atomic mass is 10.1. The van der Waals surface area contributed by atoms with Gasteiger partial charge >= 0.3 is 0 Å². The number of fused-ring (bicyclic) bond motifs is 6. The molecule has 3 N–H and O–H groups in total. The van der Waals surface area contributed by atoms with Gasteiger partial charge in [0.1, 0.15) is 5.75 Å². The number of aromatic nitrogens is 4. The van der Waals surface area contributed by atoms with Crippen LogP contribution in [0.4, 0.5) is 0 Å². The summed E-state index contributed by atoms with van der Waals surface area (Å²) in [5.41, 5.74) is 2.71. The summed E-state index contributed by atoms with van der Waals surface area (Å²) in [7, 11) is 1.62. The third-order valence-corrected chi connectivity index (χ3v) is 5.48. The fourth-order valence-corrected chi connectivity index (χ4v) is 3.91. The first-order valence-electron chi connectivity index (χ1n) is 10.1. The number of benzene rings is 2. The van der Waals surface area contributed by atoms with Crippen LogP contribution in [0.15, 0.2) is 87.7 Å². The van der Waals surface area contributed by atoms with Gasteiger partial charge in [-0.25, -0.2) is 0 Å². The fraction of sp³-hybridized carbons (Fsp3) is 0.0400. The summed E-state index contributed by atoms with van der Waals surface area (Å²) in [6, 6.07) is 13.2. The van der Waals surface area contributed by atoms with Crippen molar-refractivity contribution in [3.05, 3.63) is 104 Å². The average Bonchev–Trinajstić information content (AvgIpc) is 2.84. The van der Waals surface area contributed by atoms with Crippen LogP contribution in [-0.2, 0) is 0 Å². The van der Waals surface area contributed by atoms with Crippen LogP contribution in [0, 0.1) is 0 Å². The number of nitrogens with zero attached hydrogens (tertiary/aromatic N) is 1. The van der Waals surface area contributed by atoms with Gasteiger partial charge in [-0.2, -0.15) is 0 Å². The number of nitrogens with one attached hydrogen (secondary N) is 3. The number of hydrogen-bond acceptors (Lipinski definition) is 5. The second-order valence-corrected chi connectivity index (χ2v) is 7.33. The summed E-state index contributed by atoms with van der Waals surface area (Å²) < 4.78 is 5.27. The molecule has 6 aromatic rings. The maximum Gasteiger partial charge on any atom is 0.189 e. The second-order valence-electron chi connectivity index (χ2n) is 7.33. The van der Waals surface area contributed by atoms with E-state index in [1.807, 2.05) is 6.07 Å². The molecule has 0 aliphatic carbocycles. The molecule has 4 heterocycles. The molecule has 8 heteroatoms. The number of H-pyrrole nitrogens is 3. The molecule has 0 amide bonds. The molecule has 0 atom stereocenters. The molecule has 0 saturated carbocycles. The summed E-state index contributed by atoms with van der Waals surface area (Å²) in [5, 5.41) is 2.69. The lowest BCUT2D eigenvalue weighted by Crippen LogP contribution is -2.04. The molecule has 0 saturated heterocycles. The quantitative estimate of drug-likeness (QED) is 0.340. The van der Waals surface area contributed by atoms with E-state index in [1.54, 1.807) is 56.2 Å². The van der Waals surface area contributed by atoms with Gasteiger partial charge in [-0.05, 0) is 30.3 Å². The molecule has 0 aliphatic rings. The van der Waals surface area contributed by atoms with E-state index in [2.05, 4.69) is 19.9 Å². The average molecular weight is 438 g/mol. The first-order valence-corrected chi connectivity index (χ1v) is 10.1. The van der Waals surface area contributed by atoms with Gasteiger partial charge in [-0.3, -0.25) is 19.4 Å². The topological polar surface area (TPSA) is 121 Å². The molecule has 8 nitrogen and oxygen atoms in total. The highest BCUT2D eigenvalue weighted by atomic mass is 16.5. The predicted molar refractivity (Wildman–Crippen MR) is 129 cm³/mol. The smallest absolute Gasteiger partial charge is 0.189 e. The van der Waals surface area contributed by atoms with Gasteiger partial charge < -0.3 is 19.7 Å². The van der Waals surface area contributed by atoms with Crippen molar-refractivity contribution in [2.45, 2.75) is 0 Å². The molecular formula is C25H18N4O4. The Kier molecular flexibility index (Phi) is 4.95. The third kappa shape index (κ3) is 3.43. The summed E-state index contributed by atoms with van der Waals surface area (Å²) in [4.78, 5) is 48.2. The second kappa shape index (κ2) is 8.08. The van der Waals surface area contributed by atoms with E-state index in [1.165, 1.54) is 18.2 Å². The lowest BCUT2D eigenvalue weighted by molar-refractivity contribution is 0.419. The highest BCUT2D eigenvalue weighted by Crippen LogP contribution is 2.27. The molecule has 0 unspecified atom stereocenters. The molecule has 6 rings (SSSR count). The van der Waals surface area contributed by atoms with Gasteiger partial charge in [0.15, 0.2) is 16.3 Å². The van der Waals surface area contributed by atoms with Crippen LogP contribution in [0.5, 0.6) is 5.75 Å². The molecule has 0 fully saturated rings. The predicted octanol–water partition coefficient (Wildman–Crippen LogP) is 3.45. The van der Waals surface area contributed by atoms with E-state index in [9.17, 15) is 14.4 Å². The SMILES string of the molecule is COc1ccnc2c1ccc1c(=O)cc[nH]c12.O=c1cc[nH]c2c1ccc1c(=O)cc[nH]c12. The molecule has 2 aromatic carbocycles. The van der Waals surface area contributed by atoms with Crippen molar-refractivity contribution in [1.82, 2.24) is 19.9 Å². The van der Waals surface area contributed by atoms with Crippen LogP contribution < -0.4 is 21.0 Å². The first kappa shape index (κ1) is 20.2. The van der Waals surface area contributed by atoms with Crippen LogP contribution in [-0.4, -0.2) is 27.0 Å². The van der Waals surface area contributed by atoms with E-state index in [4.69, 9.17) is 4.74 Å². The molecule has 0 radical (unpaired) electrons. The van der Waals surface area contributed by atoms with Gasteiger partial charge in [-0.1, -0.05) is 0 Å². The number of methoxy groups -OCH3 is 1. The summed E-state index contributed by atoms with van der Waals surface area (Å²) in [6.07, 6.45) is 6.46. The molecule has 4 aromatic heterocycles. The Morgan fingerprint density at radius 1 is 0.606 bits per heavy atom. The maximum atomic E-state index is 11.7. The zero-order valence-corrected chi connectivity index (χ0v) is 17.5. The molecule has 0 aliphatic heterocycles. The van der Waals surface area contributed by atoms with Gasteiger partial charge in [-0.15, -0.1) is 0 Å². The van der Waals surface area contributed by atoms with Gasteiger partial charge in [0.2, 0.25) is 0 Å². The number of aromatic amines is 3. The standard InChI is InChI=1S/C13H10N2O2.C12H8N2O2/c1-17-11-5-7-15-13-9(11)3-2-8-10(16)4-6-14-12(8)13;15-9-3-5-13-11-7(9)1-2-8-10(16)4-6-14-12(8)11/h2-7H,1H3,(H,14,16);1-6H,(H,13,15)(H,14,16). The van der Waals surface area contributed by atoms with Crippen molar-refractivity contribution < 1.29 is 4.74 Å². The minimum absolute atomic E-state index is 0.00901. The van der Waals surface area contributed by atoms with Crippen molar-refractivity contribution in [1.29, 1.82) is 0 Å². The number of ether oxygens (including phenoxy) is 1. The zero-order chi connectivity index (χ0) is 22.9. The zero-order valence-electron chi connectivity index (χ0n) is 17.5. The van der Waals surface area contributed by atoms with Crippen molar-refractivity contribution in [2.24, 2.45) is 0 Å². The molecular weight excluding hydrogens is 420 g/mol. The Morgan fingerprint density at radius 2 is 1.06 bits per heavy atom. The minimum atomic E-state index is -0.0552. The highest BCUT2D eigenvalue weighted by molar-refractivity contribution is 6.04. The normalized spacial score (nSPS) is 10.9. The van der Waals surface area contributed by atoms with Crippen LogP contribution in [0.3, 0.4) is 0 Å². The number of rotatable bonds is 1. The Hall–Kier alpha value is -4.72. The van der Waals surface area contributed by atoms with Crippen molar-refractivity contribution in [3.63, 3.8) is 0 Å². The number of hydrogen-bond donors (Lipinski definition) is 3. The molecule has 0 spiro atoms. The Labute approximate surface area is 185 Å². The lowest BCUT2D eigenvalue weighted by Gasteiger charge is -2.06. The van der Waals surface area contributed by atoms with Gasteiger partial charge in [0.25, 0.3) is 0 Å². The molecule has 0 bridgehead atoms. The van der Waals surface area contributed by atoms with Crippen LogP contribution >= 0.6 is 0 Å². The Morgan fingerprint density at radius 3 is 1.58 bits per heavy atom. The maximum absolute atomic E-state index is 11.7. The first-order chi connectivity index (χ1) is 16.1. The third-order valence-electron chi connectivity index (χ3n) is 5.48. The van der Waals surface area contributed by atoms with Crippen molar-refractivity contribution in [3.8, 4) is 5.75 Å². The van der Waals surface area contributed by atoms with Crippen molar-refractivity contribution >= 4 is 43.6 Å². The largest absolute Gasteiger partial charge is 0.496 e. The van der Waals surface area contributed by atoms with Crippen LogP contribution in [0.1, 0.15) is 0 Å². The highest BCUT2D eigenvalue weighted by Gasteiger charge is 2.08. The summed E-state index contributed by atoms with van der Waals surface area (Å²) >= 11 is 0. The number of pyridine rings is 4.